The summed E-state index contributed by atoms with van der Waals surface area (Å²) in [5, 5.41) is 6.20. The maximum atomic E-state index is 12.2. The van der Waals surface area contributed by atoms with Gasteiger partial charge in [0.2, 0.25) is 5.91 Å². The SMILES string of the molecule is CCN(CC)C(=O)c1ccc(NC(=O)C2CCNCC2)cc1.Cl. The lowest BCUT2D eigenvalue weighted by Crippen LogP contribution is -2.34. The number of amides is 2. The highest BCUT2D eigenvalue weighted by atomic mass is 35.5. The van der Waals surface area contributed by atoms with E-state index in [0.29, 0.717) is 18.7 Å². The number of piperidine rings is 1. The summed E-state index contributed by atoms with van der Waals surface area (Å²) in [4.78, 5) is 26.2. The van der Waals surface area contributed by atoms with E-state index in [1.807, 2.05) is 13.8 Å². The van der Waals surface area contributed by atoms with Gasteiger partial charge in [0.05, 0.1) is 0 Å². The molecule has 0 aliphatic carbocycles. The van der Waals surface area contributed by atoms with Crippen molar-refractivity contribution in [1.82, 2.24) is 10.2 Å². The summed E-state index contributed by atoms with van der Waals surface area (Å²) in [5.74, 6) is 0.184. The minimum absolute atomic E-state index is 0. The van der Waals surface area contributed by atoms with Crippen molar-refractivity contribution in [2.24, 2.45) is 5.92 Å². The highest BCUT2D eigenvalue weighted by molar-refractivity contribution is 5.96. The fourth-order valence-electron chi connectivity index (χ4n) is 2.72. The van der Waals surface area contributed by atoms with E-state index in [9.17, 15) is 9.59 Å². The Labute approximate surface area is 144 Å². The van der Waals surface area contributed by atoms with Crippen LogP contribution in [-0.2, 0) is 4.79 Å². The summed E-state index contributed by atoms with van der Waals surface area (Å²) in [6.45, 7) is 7.13. The molecule has 1 aliphatic heterocycles. The lowest BCUT2D eigenvalue weighted by molar-refractivity contribution is -0.120. The molecule has 128 valence electrons. The minimum Gasteiger partial charge on any atom is -0.339 e. The van der Waals surface area contributed by atoms with Crippen LogP contribution in [0.15, 0.2) is 24.3 Å². The molecule has 6 heteroatoms. The number of carbonyl (C=O) groups is 2. The van der Waals surface area contributed by atoms with E-state index in [2.05, 4.69) is 10.6 Å². The van der Waals surface area contributed by atoms with E-state index >= 15 is 0 Å². The molecule has 1 fully saturated rings. The molecule has 1 aromatic rings. The molecule has 2 rings (SSSR count). The summed E-state index contributed by atoms with van der Waals surface area (Å²) in [6.07, 6.45) is 1.76. The first kappa shape index (κ1) is 19.5. The first-order valence-corrected chi connectivity index (χ1v) is 8.06. The van der Waals surface area contributed by atoms with Gasteiger partial charge in [-0.25, -0.2) is 0 Å². The van der Waals surface area contributed by atoms with Crippen LogP contribution in [0.5, 0.6) is 0 Å². The molecular weight excluding hydrogens is 314 g/mol. The van der Waals surface area contributed by atoms with Crippen molar-refractivity contribution in [3.8, 4) is 0 Å². The molecule has 0 aromatic heterocycles. The lowest BCUT2D eigenvalue weighted by atomic mass is 9.97. The Kier molecular flexibility index (Phi) is 8.06. The van der Waals surface area contributed by atoms with Gasteiger partial charge in [-0.3, -0.25) is 9.59 Å². The smallest absolute Gasteiger partial charge is 0.253 e. The topological polar surface area (TPSA) is 61.4 Å². The van der Waals surface area contributed by atoms with Crippen molar-refractivity contribution in [1.29, 1.82) is 0 Å². The van der Waals surface area contributed by atoms with Gasteiger partial charge in [0.1, 0.15) is 0 Å². The van der Waals surface area contributed by atoms with Gasteiger partial charge in [-0.05, 0) is 64.0 Å². The van der Waals surface area contributed by atoms with E-state index < -0.39 is 0 Å². The largest absolute Gasteiger partial charge is 0.339 e. The Morgan fingerprint density at radius 1 is 1.13 bits per heavy atom. The molecule has 0 saturated carbocycles. The number of benzene rings is 1. The summed E-state index contributed by atoms with van der Waals surface area (Å²) >= 11 is 0. The zero-order valence-electron chi connectivity index (χ0n) is 13.8. The average Bonchev–Trinajstić information content (AvgIpc) is 2.57. The van der Waals surface area contributed by atoms with E-state index in [1.54, 1.807) is 29.2 Å². The normalized spacial score (nSPS) is 14.7. The van der Waals surface area contributed by atoms with Gasteiger partial charge in [-0.1, -0.05) is 0 Å². The van der Waals surface area contributed by atoms with Gasteiger partial charge in [0, 0.05) is 30.3 Å². The number of rotatable bonds is 5. The fourth-order valence-corrected chi connectivity index (χ4v) is 2.72. The molecule has 23 heavy (non-hydrogen) atoms. The monoisotopic (exact) mass is 339 g/mol. The number of halogens is 1. The molecule has 5 nitrogen and oxygen atoms in total. The van der Waals surface area contributed by atoms with Crippen LogP contribution >= 0.6 is 12.4 Å². The van der Waals surface area contributed by atoms with Crippen molar-refractivity contribution >= 4 is 29.9 Å². The number of carbonyl (C=O) groups excluding carboxylic acids is 2. The molecular formula is C17H26ClN3O2. The summed E-state index contributed by atoms with van der Waals surface area (Å²) in [5.41, 5.74) is 1.41. The first-order valence-electron chi connectivity index (χ1n) is 8.06. The van der Waals surface area contributed by atoms with Crippen molar-refractivity contribution < 1.29 is 9.59 Å². The van der Waals surface area contributed by atoms with Gasteiger partial charge in [0.25, 0.3) is 5.91 Å². The first-order chi connectivity index (χ1) is 10.7. The third-order valence-corrected chi connectivity index (χ3v) is 4.16. The van der Waals surface area contributed by atoms with E-state index in [0.717, 1.165) is 31.6 Å². The molecule has 0 atom stereocenters. The van der Waals surface area contributed by atoms with Crippen LogP contribution in [0.4, 0.5) is 5.69 Å². The second-order valence-electron chi connectivity index (χ2n) is 5.57. The van der Waals surface area contributed by atoms with E-state index in [1.165, 1.54) is 0 Å². The maximum absolute atomic E-state index is 12.2. The van der Waals surface area contributed by atoms with Crippen LogP contribution in [0.25, 0.3) is 0 Å². The van der Waals surface area contributed by atoms with Gasteiger partial charge in [-0.15, -0.1) is 12.4 Å². The van der Waals surface area contributed by atoms with Gasteiger partial charge >= 0.3 is 0 Å². The molecule has 1 aromatic carbocycles. The average molecular weight is 340 g/mol. The highest BCUT2D eigenvalue weighted by Gasteiger charge is 2.21. The summed E-state index contributed by atoms with van der Waals surface area (Å²) in [6, 6.07) is 7.16. The quantitative estimate of drug-likeness (QED) is 0.866. The number of anilines is 1. The molecule has 0 unspecified atom stereocenters. The standard InChI is InChI=1S/C17H25N3O2.ClH/c1-3-20(4-2)17(22)14-5-7-15(8-6-14)19-16(21)13-9-11-18-12-10-13;/h5-8,13,18H,3-4,9-12H2,1-2H3,(H,19,21);1H. The number of hydrogen-bond donors (Lipinski definition) is 2. The molecule has 1 heterocycles. The van der Waals surface area contributed by atoms with Crippen molar-refractivity contribution in [3.63, 3.8) is 0 Å². The zero-order valence-corrected chi connectivity index (χ0v) is 14.6. The van der Waals surface area contributed by atoms with Crippen molar-refractivity contribution in [2.45, 2.75) is 26.7 Å². The fraction of sp³-hybridized carbons (Fsp3) is 0.529. The summed E-state index contributed by atoms with van der Waals surface area (Å²) in [7, 11) is 0. The lowest BCUT2D eigenvalue weighted by Gasteiger charge is -2.22. The molecule has 2 amide bonds. The van der Waals surface area contributed by atoms with Crippen LogP contribution in [0, 0.1) is 5.92 Å². The second kappa shape index (κ2) is 9.53. The van der Waals surface area contributed by atoms with Crippen molar-refractivity contribution in [3.05, 3.63) is 29.8 Å². The molecule has 1 aliphatic rings. The highest BCUT2D eigenvalue weighted by Crippen LogP contribution is 2.16. The Hall–Kier alpha value is -1.59. The maximum Gasteiger partial charge on any atom is 0.253 e. The third-order valence-electron chi connectivity index (χ3n) is 4.16. The molecule has 2 N–H and O–H groups in total. The van der Waals surface area contributed by atoms with Gasteiger partial charge in [0.15, 0.2) is 0 Å². The van der Waals surface area contributed by atoms with Gasteiger partial charge < -0.3 is 15.5 Å². The summed E-state index contributed by atoms with van der Waals surface area (Å²) < 4.78 is 0. The third kappa shape index (κ3) is 5.22. The van der Waals surface area contributed by atoms with Crippen molar-refractivity contribution in [2.75, 3.05) is 31.5 Å². The Morgan fingerprint density at radius 2 is 1.70 bits per heavy atom. The molecule has 0 bridgehead atoms. The minimum atomic E-state index is 0. The molecule has 0 spiro atoms. The van der Waals surface area contributed by atoms with E-state index in [-0.39, 0.29) is 30.1 Å². The predicted octanol–water partition coefficient (Wildman–Crippen LogP) is 2.53. The zero-order chi connectivity index (χ0) is 15.9. The second-order valence-corrected chi connectivity index (χ2v) is 5.57. The Balaban J connectivity index is 0.00000264. The predicted molar refractivity (Wildman–Crippen MR) is 95.2 cm³/mol. The Bertz CT molecular complexity index is 509. The molecule has 0 radical (unpaired) electrons. The number of nitrogens with one attached hydrogen (secondary N) is 2. The number of nitrogens with zero attached hydrogens (tertiary/aromatic N) is 1. The van der Waals surface area contributed by atoms with Crippen LogP contribution in [0.1, 0.15) is 37.0 Å². The number of hydrogen-bond acceptors (Lipinski definition) is 3. The van der Waals surface area contributed by atoms with E-state index in [4.69, 9.17) is 0 Å². The van der Waals surface area contributed by atoms with Crippen LogP contribution in [0.2, 0.25) is 0 Å². The Morgan fingerprint density at radius 3 is 2.22 bits per heavy atom. The van der Waals surface area contributed by atoms with Crippen LogP contribution in [0.3, 0.4) is 0 Å². The molecule has 1 saturated heterocycles. The van der Waals surface area contributed by atoms with Crippen LogP contribution < -0.4 is 10.6 Å². The van der Waals surface area contributed by atoms with Crippen LogP contribution in [-0.4, -0.2) is 42.9 Å². The van der Waals surface area contributed by atoms with Gasteiger partial charge in [-0.2, -0.15) is 0 Å².